The summed E-state index contributed by atoms with van der Waals surface area (Å²) in [6, 6.07) is 8.82. The van der Waals surface area contributed by atoms with E-state index in [0.29, 0.717) is 19.7 Å². The molecule has 0 saturated carbocycles. The lowest BCUT2D eigenvalue weighted by atomic mass is 10.1. The number of aromatic nitrogens is 4. The number of imidazole rings is 2. The number of allylic oxidation sites excluding steroid dienone is 5. The molecule has 1 aromatic carbocycles. The zero-order valence-corrected chi connectivity index (χ0v) is 34.1. The largest absolute Gasteiger partial charge is 0.460 e. The third-order valence-corrected chi connectivity index (χ3v) is 9.48. The van der Waals surface area contributed by atoms with Gasteiger partial charge in [-0.1, -0.05) is 67.0 Å². The Hall–Kier alpha value is -3.79. The van der Waals surface area contributed by atoms with Crippen molar-refractivity contribution in [3.8, 4) is 0 Å². The molecule has 0 bridgehead atoms. The fourth-order valence-corrected chi connectivity index (χ4v) is 6.48. The molecule has 0 aliphatic rings. The summed E-state index contributed by atoms with van der Waals surface area (Å²) in [6.07, 6.45) is 22.9. The molecule has 0 atom stereocenters. The van der Waals surface area contributed by atoms with Gasteiger partial charge >= 0.3 is 5.97 Å². The zero-order valence-electron chi connectivity index (χ0n) is 34.1. The lowest BCUT2D eigenvalue weighted by Crippen LogP contribution is -2.32. The first-order chi connectivity index (χ1) is 25.6. The second-order valence-electron chi connectivity index (χ2n) is 14.9. The van der Waals surface area contributed by atoms with Gasteiger partial charge in [0.2, 0.25) is 0 Å². The molecular weight excluding hydrogens is 659 g/mol. The van der Waals surface area contributed by atoms with Crippen LogP contribution in [-0.4, -0.2) is 79.5 Å². The second-order valence-corrected chi connectivity index (χ2v) is 14.9. The van der Waals surface area contributed by atoms with Crippen molar-refractivity contribution in [3.05, 3.63) is 107 Å². The molecule has 3 rings (SSSR count). The van der Waals surface area contributed by atoms with Crippen molar-refractivity contribution in [2.45, 2.75) is 119 Å². The number of rotatable bonds is 27. The maximum atomic E-state index is 13.1. The lowest BCUT2D eigenvalue weighted by molar-refractivity contribution is -0.143. The van der Waals surface area contributed by atoms with E-state index in [1.54, 1.807) is 6.20 Å². The molecule has 292 valence electrons. The number of unbranched alkanes of at least 4 members (excludes halogenated alkanes) is 1. The lowest BCUT2D eigenvalue weighted by Gasteiger charge is -2.24. The predicted octanol–water partition coefficient (Wildman–Crippen LogP) is 9.01. The van der Waals surface area contributed by atoms with E-state index in [4.69, 9.17) is 4.74 Å². The van der Waals surface area contributed by atoms with Gasteiger partial charge in [-0.15, -0.1) is 0 Å². The first kappa shape index (κ1) is 43.6. The molecule has 2 heterocycles. The number of nitrogens with one attached hydrogen (secondary N) is 1. The van der Waals surface area contributed by atoms with Crippen molar-refractivity contribution in [3.63, 3.8) is 0 Å². The van der Waals surface area contributed by atoms with Crippen LogP contribution in [0.2, 0.25) is 0 Å². The number of benzene rings is 1. The molecule has 9 nitrogen and oxygen atoms in total. The minimum atomic E-state index is -0.165. The highest BCUT2D eigenvalue weighted by Crippen LogP contribution is 2.15. The first-order valence-electron chi connectivity index (χ1n) is 19.9. The van der Waals surface area contributed by atoms with Gasteiger partial charge in [-0.2, -0.15) is 0 Å². The Morgan fingerprint density at radius 3 is 1.96 bits per heavy atom. The molecule has 0 unspecified atom stereocenters. The number of H-pyrrole nitrogens is 1. The van der Waals surface area contributed by atoms with Gasteiger partial charge in [-0.25, -0.2) is 9.97 Å². The molecule has 0 fully saturated rings. The third-order valence-electron chi connectivity index (χ3n) is 9.48. The van der Waals surface area contributed by atoms with E-state index in [1.165, 1.54) is 40.7 Å². The van der Waals surface area contributed by atoms with Gasteiger partial charge in [0.15, 0.2) is 0 Å². The number of nitrogens with zero attached hydrogens (tertiary/aromatic N) is 6. The third kappa shape index (κ3) is 18.7. The van der Waals surface area contributed by atoms with Gasteiger partial charge in [0.25, 0.3) is 0 Å². The van der Waals surface area contributed by atoms with Crippen molar-refractivity contribution >= 4 is 5.97 Å². The van der Waals surface area contributed by atoms with Crippen molar-refractivity contribution in [2.24, 2.45) is 7.05 Å². The molecular formula is C44H69N7O2. The molecule has 0 spiro atoms. The average Bonchev–Trinajstić information content (AvgIpc) is 3.78. The highest BCUT2D eigenvalue weighted by molar-refractivity contribution is 5.71. The smallest absolute Gasteiger partial charge is 0.320 e. The van der Waals surface area contributed by atoms with Gasteiger partial charge < -0.3 is 19.2 Å². The van der Waals surface area contributed by atoms with Crippen LogP contribution in [0, 0.1) is 0 Å². The summed E-state index contributed by atoms with van der Waals surface area (Å²) >= 11 is 0. The summed E-state index contributed by atoms with van der Waals surface area (Å²) in [5.41, 5.74) is 6.50. The van der Waals surface area contributed by atoms with Crippen LogP contribution in [0.3, 0.4) is 0 Å². The number of ether oxygens (including phenoxy) is 1. The molecule has 9 heteroatoms. The zero-order chi connectivity index (χ0) is 38.3. The van der Waals surface area contributed by atoms with Crippen LogP contribution < -0.4 is 0 Å². The van der Waals surface area contributed by atoms with Gasteiger partial charge in [0, 0.05) is 44.9 Å². The number of esters is 1. The molecule has 3 aromatic rings. The van der Waals surface area contributed by atoms with E-state index >= 15 is 0 Å². The van der Waals surface area contributed by atoms with E-state index in [0.717, 1.165) is 89.4 Å². The van der Waals surface area contributed by atoms with Crippen molar-refractivity contribution in [2.75, 3.05) is 39.3 Å². The van der Waals surface area contributed by atoms with Gasteiger partial charge in [-0.05, 0) is 122 Å². The van der Waals surface area contributed by atoms with Crippen LogP contribution in [0.15, 0.2) is 84.0 Å². The summed E-state index contributed by atoms with van der Waals surface area (Å²) in [6.45, 7) is 20.9. The second kappa shape index (κ2) is 25.3. The predicted molar refractivity (Wildman–Crippen MR) is 219 cm³/mol. The Bertz CT molecular complexity index is 1510. The number of carbonyl (C=O) groups is 1. The van der Waals surface area contributed by atoms with Crippen LogP contribution in [0.1, 0.15) is 116 Å². The summed E-state index contributed by atoms with van der Waals surface area (Å²) in [5.74, 6) is 1.79. The van der Waals surface area contributed by atoms with E-state index < -0.39 is 0 Å². The first-order valence-corrected chi connectivity index (χ1v) is 19.9. The molecule has 1 N–H and O–H groups in total. The number of aryl methyl sites for hydroxylation is 1. The average molecular weight is 728 g/mol. The molecule has 0 amide bonds. The Labute approximate surface area is 321 Å². The summed E-state index contributed by atoms with van der Waals surface area (Å²) in [4.78, 5) is 32.5. The van der Waals surface area contributed by atoms with E-state index in [1.807, 2.05) is 25.6 Å². The minimum absolute atomic E-state index is 0.165. The molecule has 0 aliphatic carbocycles. The van der Waals surface area contributed by atoms with E-state index in [-0.39, 0.29) is 12.5 Å². The highest BCUT2D eigenvalue weighted by atomic mass is 16.5. The maximum Gasteiger partial charge on any atom is 0.320 e. The van der Waals surface area contributed by atoms with E-state index in [2.05, 4.69) is 118 Å². The quantitative estimate of drug-likeness (QED) is 0.0477. The van der Waals surface area contributed by atoms with Crippen LogP contribution in [0.4, 0.5) is 0 Å². The molecule has 2 aromatic heterocycles. The van der Waals surface area contributed by atoms with Gasteiger partial charge in [0.1, 0.15) is 18.3 Å². The normalized spacial score (nSPS) is 12.3. The fourth-order valence-electron chi connectivity index (χ4n) is 6.48. The summed E-state index contributed by atoms with van der Waals surface area (Å²) in [5, 5.41) is 0. The van der Waals surface area contributed by atoms with Crippen LogP contribution in [-0.2, 0) is 42.8 Å². The monoisotopic (exact) mass is 728 g/mol. The standard InChI is InChI=1S/C44H69N7O2/c1-8-26-49(27-9-2)28-10-11-29-50(36-44(52)53-31-22-39(6)17-13-16-38(5)15-12-14-37(3)4)32-40-18-20-41(21-19-40)33-51(34-42-45-23-24-46-42)35-43-47-25-30-48(43)7/h14,16,18-25,30H,8-13,15,17,26-29,31-36H2,1-7H3,(H,45,46)/b38-16+,39-22+. The van der Waals surface area contributed by atoms with Crippen LogP contribution >= 0.6 is 0 Å². The SMILES string of the molecule is CCCN(CCC)CCCCN(CC(=O)OC/C=C(\C)CC/C=C(\C)CCC=C(C)C)Cc1ccc(CN(Cc2ncc[nH]2)Cc2nccn2C)cc1. The van der Waals surface area contributed by atoms with Crippen LogP contribution in [0.25, 0.3) is 0 Å². The van der Waals surface area contributed by atoms with Gasteiger partial charge in [0.05, 0.1) is 19.6 Å². The van der Waals surface area contributed by atoms with Crippen LogP contribution in [0.5, 0.6) is 0 Å². The Morgan fingerprint density at radius 2 is 1.38 bits per heavy atom. The molecule has 0 aliphatic heterocycles. The highest BCUT2D eigenvalue weighted by Gasteiger charge is 2.15. The number of hydrogen-bond acceptors (Lipinski definition) is 7. The van der Waals surface area contributed by atoms with Gasteiger partial charge in [-0.3, -0.25) is 14.6 Å². The molecule has 53 heavy (non-hydrogen) atoms. The Kier molecular flexibility index (Phi) is 20.8. The van der Waals surface area contributed by atoms with Crippen molar-refractivity contribution in [1.82, 2.24) is 34.2 Å². The Balaban J connectivity index is 1.57. The summed E-state index contributed by atoms with van der Waals surface area (Å²) in [7, 11) is 2.03. The number of hydrogen-bond donors (Lipinski definition) is 1. The minimum Gasteiger partial charge on any atom is -0.460 e. The molecule has 0 radical (unpaired) electrons. The van der Waals surface area contributed by atoms with Crippen molar-refractivity contribution in [1.29, 1.82) is 0 Å². The Morgan fingerprint density at radius 1 is 0.755 bits per heavy atom. The topological polar surface area (TPSA) is 82.5 Å². The maximum absolute atomic E-state index is 13.1. The van der Waals surface area contributed by atoms with Crippen molar-refractivity contribution < 1.29 is 9.53 Å². The number of carbonyl (C=O) groups excluding carboxylic acids is 1. The van der Waals surface area contributed by atoms with E-state index in [9.17, 15) is 4.79 Å². The fraction of sp³-hybridized carbons (Fsp3) is 0.568. The summed E-state index contributed by atoms with van der Waals surface area (Å²) < 4.78 is 7.81. The number of aromatic amines is 1. The molecule has 0 saturated heterocycles.